The van der Waals surface area contributed by atoms with Gasteiger partial charge in [0.1, 0.15) is 17.5 Å². The second kappa shape index (κ2) is 13.3. The lowest BCUT2D eigenvalue weighted by Crippen LogP contribution is -2.52. The molecule has 4 N–H and O–H groups in total. The number of nitrogen functional groups attached to an aromatic ring is 1. The van der Waals surface area contributed by atoms with E-state index in [4.69, 9.17) is 10.5 Å². The zero-order valence-corrected chi connectivity index (χ0v) is 29.7. The van der Waals surface area contributed by atoms with Gasteiger partial charge in [0, 0.05) is 64.5 Å². The third-order valence-electron chi connectivity index (χ3n) is 12.4. The van der Waals surface area contributed by atoms with E-state index in [1.54, 1.807) is 17.0 Å². The van der Waals surface area contributed by atoms with Crippen molar-refractivity contribution in [2.75, 3.05) is 32.0 Å². The van der Waals surface area contributed by atoms with Crippen LogP contribution >= 0.6 is 0 Å². The van der Waals surface area contributed by atoms with Crippen molar-refractivity contribution < 1.29 is 24.2 Å². The molecule has 3 fully saturated rings. The molecular weight excluding hydrogens is 672 g/mol. The van der Waals surface area contributed by atoms with Crippen LogP contribution in [0.5, 0.6) is 11.5 Å². The molecule has 13 heteroatoms. The smallest absolute Gasteiger partial charge is 0.255 e. The van der Waals surface area contributed by atoms with E-state index in [0.29, 0.717) is 54.0 Å². The number of carbonyl (C=O) groups is 3. The highest BCUT2D eigenvalue weighted by atomic mass is 16.5. The molecule has 1 saturated carbocycles. The van der Waals surface area contributed by atoms with Crippen LogP contribution in [0.25, 0.3) is 22.4 Å². The highest BCUT2D eigenvalue weighted by Crippen LogP contribution is 2.50. The molecule has 13 nitrogen and oxygen atoms in total. The second-order valence-corrected chi connectivity index (χ2v) is 15.6. The lowest BCUT2D eigenvalue weighted by molar-refractivity contribution is -0.136. The molecule has 4 aliphatic heterocycles. The summed E-state index contributed by atoms with van der Waals surface area (Å²) in [5, 5.41) is 25.7. The Bertz CT molecular complexity index is 2100. The maximum atomic E-state index is 13.3. The summed E-state index contributed by atoms with van der Waals surface area (Å²) in [5.41, 5.74) is 11.7. The molecule has 1 unspecified atom stereocenters. The molecule has 0 radical (unpaired) electrons. The number of phenolic OH excluding ortho intramolecular Hbond substituents is 1. The number of para-hydroxylation sites is 1. The van der Waals surface area contributed by atoms with Crippen LogP contribution in [0, 0.1) is 11.8 Å². The van der Waals surface area contributed by atoms with Crippen molar-refractivity contribution in [1.29, 1.82) is 0 Å². The van der Waals surface area contributed by atoms with E-state index in [-0.39, 0.29) is 29.4 Å². The zero-order chi connectivity index (χ0) is 36.3. The first-order chi connectivity index (χ1) is 25.7. The van der Waals surface area contributed by atoms with Gasteiger partial charge in [-0.3, -0.25) is 24.4 Å². The van der Waals surface area contributed by atoms with E-state index < -0.39 is 11.9 Å². The number of phenols is 1. The number of hydrogen-bond acceptors (Lipinski definition) is 10. The third-order valence-corrected chi connectivity index (χ3v) is 12.4. The summed E-state index contributed by atoms with van der Waals surface area (Å²) in [7, 11) is 0. The predicted octanol–water partition coefficient (Wildman–Crippen LogP) is 4.29. The number of nitrogens with two attached hydrogens (primary N) is 1. The summed E-state index contributed by atoms with van der Waals surface area (Å²) in [6, 6.07) is 12.3. The monoisotopic (exact) mass is 716 g/mol. The van der Waals surface area contributed by atoms with Gasteiger partial charge in [0.25, 0.3) is 5.91 Å². The third kappa shape index (κ3) is 6.10. The summed E-state index contributed by atoms with van der Waals surface area (Å²) in [4.78, 5) is 41.8. The zero-order valence-electron chi connectivity index (χ0n) is 29.7. The first-order valence-corrected chi connectivity index (χ1v) is 18.9. The van der Waals surface area contributed by atoms with Crippen LogP contribution in [-0.2, 0) is 28.1 Å². The number of aromatic nitrogens is 4. The van der Waals surface area contributed by atoms with Gasteiger partial charge in [-0.25, -0.2) is 0 Å². The number of fused-ring (bicyclic) bond motifs is 4. The van der Waals surface area contributed by atoms with Crippen molar-refractivity contribution in [3.63, 3.8) is 0 Å². The molecule has 1 aliphatic carbocycles. The van der Waals surface area contributed by atoms with E-state index in [0.717, 1.165) is 61.5 Å². The number of anilines is 1. The molecule has 1 atom stereocenters. The first-order valence-electron chi connectivity index (χ1n) is 18.9. The molecule has 9 rings (SSSR count). The Morgan fingerprint density at radius 2 is 1.70 bits per heavy atom. The fourth-order valence-corrected chi connectivity index (χ4v) is 9.34. The molecule has 274 valence electrons. The van der Waals surface area contributed by atoms with Crippen molar-refractivity contribution >= 4 is 23.5 Å². The predicted molar refractivity (Wildman–Crippen MR) is 196 cm³/mol. The molecule has 53 heavy (non-hydrogen) atoms. The van der Waals surface area contributed by atoms with Gasteiger partial charge >= 0.3 is 0 Å². The Balaban J connectivity index is 0.776. The summed E-state index contributed by atoms with van der Waals surface area (Å²) in [5.74, 6) is 1.73. The molecular formula is C40H44N8O5. The van der Waals surface area contributed by atoms with Gasteiger partial charge in [-0.2, -0.15) is 5.10 Å². The van der Waals surface area contributed by atoms with Gasteiger partial charge < -0.3 is 25.4 Å². The summed E-state index contributed by atoms with van der Waals surface area (Å²) in [6.45, 7) is 5.00. The number of likely N-dealkylation sites (tertiary alicyclic amines) is 1. The Morgan fingerprint density at radius 1 is 0.925 bits per heavy atom. The van der Waals surface area contributed by atoms with Crippen LogP contribution in [-0.4, -0.2) is 84.9 Å². The Kier molecular flexibility index (Phi) is 8.40. The number of piperidine rings is 2. The number of imide groups is 1. The van der Waals surface area contributed by atoms with Gasteiger partial charge in [0.2, 0.25) is 11.8 Å². The number of carbonyl (C=O) groups excluding carboxylic acids is 3. The lowest BCUT2D eigenvalue weighted by Gasteiger charge is -2.40. The van der Waals surface area contributed by atoms with Crippen molar-refractivity contribution in [3.8, 4) is 33.9 Å². The van der Waals surface area contributed by atoms with Crippen molar-refractivity contribution in [2.45, 2.75) is 75.9 Å². The minimum absolute atomic E-state index is 0.0475. The van der Waals surface area contributed by atoms with Crippen molar-refractivity contribution in [3.05, 3.63) is 71.5 Å². The minimum atomic E-state index is -0.627. The quantitative estimate of drug-likeness (QED) is 0.235. The van der Waals surface area contributed by atoms with Crippen LogP contribution < -0.4 is 15.8 Å². The van der Waals surface area contributed by atoms with E-state index in [1.165, 1.54) is 31.2 Å². The van der Waals surface area contributed by atoms with Crippen LogP contribution in [0.3, 0.4) is 0 Å². The molecule has 2 aromatic carbocycles. The van der Waals surface area contributed by atoms with Crippen molar-refractivity contribution in [2.24, 2.45) is 11.8 Å². The minimum Gasteiger partial charge on any atom is -0.507 e. The number of nitrogens with zero attached hydrogens (tertiary/aromatic N) is 6. The van der Waals surface area contributed by atoms with Crippen LogP contribution in [0.2, 0.25) is 0 Å². The molecule has 6 heterocycles. The SMILES string of the molecule is Nc1nnc(-c2ccccc2O)cc1-c1cnn(CC2CCC(CN3CCC4(CC3)COc3c4ccc4c3CN(C3CCC(=O)NC3=O)C4=O)CC2)c1. The first kappa shape index (κ1) is 33.5. The van der Waals surface area contributed by atoms with Crippen LogP contribution in [0.15, 0.2) is 54.9 Å². The fraction of sp³-hybridized carbons (Fsp3) is 0.450. The Labute approximate surface area is 307 Å². The molecule has 4 aromatic rings. The molecule has 1 spiro atoms. The van der Waals surface area contributed by atoms with Crippen LogP contribution in [0.1, 0.15) is 72.9 Å². The van der Waals surface area contributed by atoms with Crippen LogP contribution in [0.4, 0.5) is 5.82 Å². The average molecular weight is 717 g/mol. The maximum absolute atomic E-state index is 13.3. The number of benzene rings is 2. The topological polar surface area (TPSA) is 169 Å². The highest BCUT2D eigenvalue weighted by molar-refractivity contribution is 6.05. The summed E-state index contributed by atoms with van der Waals surface area (Å²) < 4.78 is 8.41. The number of amides is 3. The Morgan fingerprint density at radius 3 is 2.47 bits per heavy atom. The highest BCUT2D eigenvalue weighted by Gasteiger charge is 2.47. The standard InChI is InChI=1S/C40H44N8O5/c41-37-29(17-32(44-45-37)28-3-1-2-4-34(28)49)26-18-42-47(21-26)20-25-7-5-24(6-8-25)19-46-15-13-40(14-16-46)23-53-36-30-22-48(33-11-12-35(50)43-38(33)51)39(52)27(30)9-10-31(36)40/h1-4,9-10,17-18,21,24-25,33,49H,5-8,11-16,19-20,22-23H2,(H2,41,45)(H,43,50,51). The van der Waals surface area contributed by atoms with E-state index in [1.807, 2.05) is 41.3 Å². The van der Waals surface area contributed by atoms with Gasteiger partial charge in [0.15, 0.2) is 5.82 Å². The second-order valence-electron chi connectivity index (χ2n) is 15.6. The molecule has 2 saturated heterocycles. The van der Waals surface area contributed by atoms with Gasteiger partial charge in [-0.05, 0) is 94.1 Å². The Hall–Kier alpha value is -5.30. The molecule has 3 amide bonds. The number of rotatable bonds is 7. The fourth-order valence-electron chi connectivity index (χ4n) is 9.34. The number of ether oxygens (including phenoxy) is 1. The maximum Gasteiger partial charge on any atom is 0.255 e. The number of nitrogens with one attached hydrogen (secondary N) is 1. The number of hydrogen-bond donors (Lipinski definition) is 3. The molecule has 5 aliphatic rings. The van der Waals surface area contributed by atoms with E-state index >= 15 is 0 Å². The normalized spacial score (nSPS) is 23.9. The van der Waals surface area contributed by atoms with E-state index in [9.17, 15) is 19.5 Å². The lowest BCUT2D eigenvalue weighted by atomic mass is 9.73. The largest absolute Gasteiger partial charge is 0.507 e. The molecule has 2 aromatic heterocycles. The summed E-state index contributed by atoms with van der Waals surface area (Å²) >= 11 is 0. The number of aromatic hydroxyl groups is 1. The van der Waals surface area contributed by atoms with Gasteiger partial charge in [-0.15, -0.1) is 10.2 Å². The van der Waals surface area contributed by atoms with Gasteiger partial charge in [0.05, 0.1) is 25.0 Å². The summed E-state index contributed by atoms with van der Waals surface area (Å²) in [6.07, 6.45) is 11.3. The average Bonchev–Trinajstić information content (AvgIpc) is 3.87. The molecule has 0 bridgehead atoms. The van der Waals surface area contributed by atoms with Gasteiger partial charge in [-0.1, -0.05) is 18.2 Å². The van der Waals surface area contributed by atoms with E-state index in [2.05, 4.69) is 31.6 Å². The van der Waals surface area contributed by atoms with Crippen molar-refractivity contribution in [1.82, 2.24) is 35.1 Å².